The summed E-state index contributed by atoms with van der Waals surface area (Å²) in [6.07, 6.45) is 1.42. The molecule has 0 spiro atoms. The van der Waals surface area contributed by atoms with E-state index in [0.29, 0.717) is 6.42 Å². The second kappa shape index (κ2) is 6.69. The number of carbonyl (C=O) groups excluding carboxylic acids is 1. The number of carbonyl (C=O) groups is 1. The lowest BCUT2D eigenvalue weighted by Crippen LogP contribution is -2.31. The number of ether oxygens (including phenoxy) is 1. The Morgan fingerprint density at radius 2 is 1.64 bits per heavy atom. The highest BCUT2D eigenvalue weighted by Crippen LogP contribution is 2.46. The van der Waals surface area contributed by atoms with Crippen molar-refractivity contribution in [3.63, 3.8) is 0 Å². The van der Waals surface area contributed by atoms with E-state index in [2.05, 4.69) is 50.5 Å². The van der Waals surface area contributed by atoms with Crippen LogP contribution in [0.25, 0.3) is 0 Å². The Hall–Kier alpha value is -2.75. The van der Waals surface area contributed by atoms with E-state index < -0.39 is 0 Å². The summed E-state index contributed by atoms with van der Waals surface area (Å²) in [6.45, 7) is 8.57. The first kappa shape index (κ1) is 18.6. The third-order valence-electron chi connectivity index (χ3n) is 5.88. The van der Waals surface area contributed by atoms with Crippen molar-refractivity contribution >= 4 is 17.2 Å². The van der Waals surface area contributed by atoms with Crippen LogP contribution >= 0.6 is 0 Å². The number of hydrogen-bond donors (Lipinski definition) is 2. The molecule has 1 aliphatic heterocycles. The highest BCUT2D eigenvalue weighted by atomic mass is 16.5. The van der Waals surface area contributed by atoms with Gasteiger partial charge in [0.15, 0.2) is 5.78 Å². The molecular weight excluding hydrogens is 348 g/mol. The predicted octanol–water partition coefficient (Wildman–Crippen LogP) is 5.53. The smallest absolute Gasteiger partial charge is 0.163 e. The van der Waals surface area contributed by atoms with Crippen LogP contribution in [0, 0.1) is 19.3 Å². The Morgan fingerprint density at radius 1 is 1.00 bits per heavy atom. The van der Waals surface area contributed by atoms with Crippen LogP contribution in [0.3, 0.4) is 0 Å². The summed E-state index contributed by atoms with van der Waals surface area (Å²) in [6, 6.07) is 12.1. The van der Waals surface area contributed by atoms with Crippen molar-refractivity contribution in [2.45, 2.75) is 46.6 Å². The van der Waals surface area contributed by atoms with Crippen LogP contribution in [0.4, 0.5) is 11.4 Å². The molecule has 0 bridgehead atoms. The van der Waals surface area contributed by atoms with Gasteiger partial charge in [-0.2, -0.15) is 0 Å². The quantitative estimate of drug-likeness (QED) is 0.723. The van der Waals surface area contributed by atoms with Gasteiger partial charge < -0.3 is 15.4 Å². The van der Waals surface area contributed by atoms with Crippen LogP contribution < -0.4 is 15.4 Å². The maximum atomic E-state index is 13.2. The first-order valence-electron chi connectivity index (χ1n) is 9.82. The summed E-state index contributed by atoms with van der Waals surface area (Å²) in [5, 5.41) is 7.27. The molecule has 4 heteroatoms. The summed E-state index contributed by atoms with van der Waals surface area (Å²) in [7, 11) is 1.66. The third kappa shape index (κ3) is 3.28. The molecule has 2 aromatic carbocycles. The third-order valence-corrected chi connectivity index (χ3v) is 5.88. The number of rotatable bonds is 2. The number of hydrogen-bond acceptors (Lipinski definition) is 4. The fourth-order valence-corrected chi connectivity index (χ4v) is 4.26. The Labute approximate surface area is 167 Å². The van der Waals surface area contributed by atoms with E-state index >= 15 is 0 Å². The van der Waals surface area contributed by atoms with Gasteiger partial charge in [-0.1, -0.05) is 26.0 Å². The van der Waals surface area contributed by atoms with Crippen molar-refractivity contribution in [3.05, 3.63) is 64.4 Å². The maximum absolute atomic E-state index is 13.2. The van der Waals surface area contributed by atoms with Crippen LogP contribution in [-0.2, 0) is 4.79 Å². The molecule has 2 aromatic rings. The van der Waals surface area contributed by atoms with Gasteiger partial charge in [-0.15, -0.1) is 0 Å². The number of methoxy groups -OCH3 is 1. The van der Waals surface area contributed by atoms with E-state index in [1.165, 1.54) is 11.1 Å². The van der Waals surface area contributed by atoms with E-state index in [0.717, 1.165) is 40.4 Å². The van der Waals surface area contributed by atoms with Crippen LogP contribution in [0.1, 0.15) is 49.4 Å². The predicted molar refractivity (Wildman–Crippen MR) is 114 cm³/mol. The number of anilines is 2. The fourth-order valence-electron chi connectivity index (χ4n) is 4.26. The van der Waals surface area contributed by atoms with Crippen molar-refractivity contribution in [2.75, 3.05) is 17.7 Å². The normalized spacial score (nSPS) is 20.5. The molecule has 0 aromatic heterocycles. The van der Waals surface area contributed by atoms with Gasteiger partial charge in [0.2, 0.25) is 0 Å². The molecule has 28 heavy (non-hydrogen) atoms. The zero-order valence-corrected chi connectivity index (χ0v) is 17.3. The number of nitrogens with one attached hydrogen (secondary N) is 2. The van der Waals surface area contributed by atoms with E-state index in [1.54, 1.807) is 7.11 Å². The van der Waals surface area contributed by atoms with Gasteiger partial charge in [0.25, 0.3) is 0 Å². The van der Waals surface area contributed by atoms with Gasteiger partial charge >= 0.3 is 0 Å². The molecule has 0 unspecified atom stereocenters. The van der Waals surface area contributed by atoms with Crippen LogP contribution in [0.5, 0.6) is 5.75 Å². The Morgan fingerprint density at radius 3 is 2.29 bits per heavy atom. The number of fused-ring (bicyclic) bond motifs is 1. The summed E-state index contributed by atoms with van der Waals surface area (Å²) >= 11 is 0. The van der Waals surface area contributed by atoms with Crippen LogP contribution in [0.2, 0.25) is 0 Å². The molecule has 0 radical (unpaired) electrons. The van der Waals surface area contributed by atoms with E-state index in [4.69, 9.17) is 4.74 Å². The van der Waals surface area contributed by atoms with E-state index in [1.807, 2.05) is 24.3 Å². The highest BCUT2D eigenvalue weighted by molar-refractivity contribution is 6.01. The largest absolute Gasteiger partial charge is 0.497 e. The highest BCUT2D eigenvalue weighted by Gasteiger charge is 2.38. The number of ketones is 1. The lowest BCUT2D eigenvalue weighted by atomic mass is 9.73. The average Bonchev–Trinajstić information content (AvgIpc) is 2.78. The minimum Gasteiger partial charge on any atom is -0.497 e. The number of allylic oxidation sites excluding steroid dienone is 1. The van der Waals surface area contributed by atoms with Crippen LogP contribution in [-0.4, -0.2) is 12.9 Å². The van der Waals surface area contributed by atoms with Crippen molar-refractivity contribution in [1.82, 2.24) is 0 Å². The molecular formula is C24H28N2O2. The first-order valence-corrected chi connectivity index (χ1v) is 9.82. The Bertz CT molecular complexity index is 971. The van der Waals surface area contributed by atoms with E-state index in [9.17, 15) is 4.79 Å². The Kier molecular flexibility index (Phi) is 4.45. The van der Waals surface area contributed by atoms with Crippen molar-refractivity contribution < 1.29 is 9.53 Å². The molecule has 4 rings (SSSR count). The average molecular weight is 377 g/mol. The molecule has 0 saturated carbocycles. The number of aryl methyl sites for hydroxylation is 2. The summed E-state index contributed by atoms with van der Waals surface area (Å²) in [5.41, 5.74) is 7.45. The zero-order valence-electron chi connectivity index (χ0n) is 17.3. The first-order chi connectivity index (χ1) is 13.3. The second-order valence-electron chi connectivity index (χ2n) is 8.79. The van der Waals surface area contributed by atoms with Gasteiger partial charge in [-0.3, -0.25) is 4.79 Å². The van der Waals surface area contributed by atoms with Crippen molar-refractivity contribution in [3.8, 4) is 5.75 Å². The number of benzene rings is 2. The van der Waals surface area contributed by atoms with Gasteiger partial charge in [0, 0.05) is 17.7 Å². The molecule has 2 N–H and O–H groups in total. The zero-order chi connectivity index (χ0) is 20.1. The minimum absolute atomic E-state index is 0.0440. The lowest BCUT2D eigenvalue weighted by molar-refractivity contribution is -0.118. The molecule has 0 fully saturated rings. The monoisotopic (exact) mass is 376 g/mol. The summed E-state index contributed by atoms with van der Waals surface area (Å²) in [5.74, 6) is 1.03. The molecule has 4 nitrogen and oxygen atoms in total. The Balaban J connectivity index is 1.87. The van der Waals surface area contributed by atoms with Gasteiger partial charge in [-0.05, 0) is 66.6 Å². The van der Waals surface area contributed by atoms with Gasteiger partial charge in [-0.25, -0.2) is 0 Å². The molecule has 1 aliphatic carbocycles. The molecule has 1 atom stereocenters. The van der Waals surface area contributed by atoms with E-state index in [-0.39, 0.29) is 17.2 Å². The molecule has 0 saturated heterocycles. The lowest BCUT2D eigenvalue weighted by Gasteiger charge is -2.34. The molecule has 0 amide bonds. The standard InChI is InChI=1S/C24H28N2O2/c1-14-10-18-19(11-15(14)2)26-23(16-6-8-17(28-5)9-7-16)22-20(25-18)12-24(3,4)13-21(22)27/h6-11,23,25-26H,12-13H2,1-5H3/t23-/m0/s1. The fraction of sp³-hybridized carbons (Fsp3) is 0.375. The molecule has 2 aliphatic rings. The van der Waals surface area contributed by atoms with Gasteiger partial charge in [0.05, 0.1) is 24.5 Å². The second-order valence-corrected chi connectivity index (χ2v) is 8.79. The summed E-state index contributed by atoms with van der Waals surface area (Å²) in [4.78, 5) is 13.2. The van der Waals surface area contributed by atoms with Crippen LogP contribution in [0.15, 0.2) is 47.7 Å². The van der Waals surface area contributed by atoms with Gasteiger partial charge in [0.1, 0.15) is 5.75 Å². The topological polar surface area (TPSA) is 50.4 Å². The summed E-state index contributed by atoms with van der Waals surface area (Å²) < 4.78 is 5.31. The molecule has 146 valence electrons. The number of Topliss-reactive ketones (excluding diaryl/α,β-unsaturated/α-hetero) is 1. The van der Waals surface area contributed by atoms with Crippen molar-refractivity contribution in [1.29, 1.82) is 0 Å². The molecule has 1 heterocycles. The SMILES string of the molecule is COc1ccc([C@@H]2Nc3cc(C)c(C)cc3NC3=C2C(=O)CC(C)(C)C3)cc1. The van der Waals surface area contributed by atoms with Crippen molar-refractivity contribution in [2.24, 2.45) is 5.41 Å². The maximum Gasteiger partial charge on any atom is 0.163 e. The minimum atomic E-state index is -0.180.